The van der Waals surface area contributed by atoms with Gasteiger partial charge in [0.2, 0.25) is 0 Å². The Kier molecular flexibility index (Phi) is 5.63. The van der Waals surface area contributed by atoms with Gasteiger partial charge in [-0.2, -0.15) is 0 Å². The average Bonchev–Trinajstić information content (AvgIpc) is 2.53. The standard InChI is InChI=1S/C18H18O5/c1-22-17-12-16(20)7-5-14(17)6-8-18(21)23-10-9-13-3-2-4-15(19)11-13/h2-8,11-12,19-20H,9-10H2,1H3/b8-6+. The smallest absolute Gasteiger partial charge is 0.330 e. The van der Waals surface area contributed by atoms with Crippen LogP contribution in [0.4, 0.5) is 0 Å². The van der Waals surface area contributed by atoms with E-state index in [2.05, 4.69) is 0 Å². The van der Waals surface area contributed by atoms with Gasteiger partial charge in [-0.25, -0.2) is 4.79 Å². The molecule has 0 aliphatic rings. The van der Waals surface area contributed by atoms with E-state index in [1.165, 1.54) is 25.3 Å². The van der Waals surface area contributed by atoms with Gasteiger partial charge in [-0.05, 0) is 35.9 Å². The van der Waals surface area contributed by atoms with Crippen LogP contribution in [0.3, 0.4) is 0 Å². The third-order valence-electron chi connectivity index (χ3n) is 3.16. The van der Waals surface area contributed by atoms with Gasteiger partial charge in [0, 0.05) is 24.1 Å². The number of phenolic OH excluding ortho intramolecular Hbond substituents is 2. The number of hydrogen-bond acceptors (Lipinski definition) is 5. The van der Waals surface area contributed by atoms with Crippen molar-refractivity contribution in [1.82, 2.24) is 0 Å². The summed E-state index contributed by atoms with van der Waals surface area (Å²) in [5.74, 6) is 0.273. The lowest BCUT2D eigenvalue weighted by Gasteiger charge is -2.05. The Bertz CT molecular complexity index is 706. The summed E-state index contributed by atoms with van der Waals surface area (Å²) in [4.78, 5) is 11.7. The van der Waals surface area contributed by atoms with Gasteiger partial charge in [0.1, 0.15) is 17.2 Å². The van der Waals surface area contributed by atoms with E-state index in [1.807, 2.05) is 6.07 Å². The van der Waals surface area contributed by atoms with E-state index in [9.17, 15) is 15.0 Å². The first kappa shape index (κ1) is 16.4. The van der Waals surface area contributed by atoms with Crippen molar-refractivity contribution in [2.75, 3.05) is 13.7 Å². The molecule has 2 N–H and O–H groups in total. The highest BCUT2D eigenvalue weighted by Crippen LogP contribution is 2.24. The van der Waals surface area contributed by atoms with Crippen molar-refractivity contribution in [2.45, 2.75) is 6.42 Å². The Morgan fingerprint density at radius 3 is 2.65 bits per heavy atom. The van der Waals surface area contributed by atoms with Gasteiger partial charge in [0.25, 0.3) is 0 Å². The number of ether oxygens (including phenoxy) is 2. The summed E-state index contributed by atoms with van der Waals surface area (Å²) >= 11 is 0. The van der Waals surface area contributed by atoms with Crippen LogP contribution in [0.15, 0.2) is 48.5 Å². The molecule has 0 unspecified atom stereocenters. The second kappa shape index (κ2) is 7.89. The lowest BCUT2D eigenvalue weighted by molar-refractivity contribution is -0.137. The quantitative estimate of drug-likeness (QED) is 0.633. The summed E-state index contributed by atoms with van der Waals surface area (Å²) in [6.45, 7) is 0.222. The number of methoxy groups -OCH3 is 1. The predicted molar refractivity (Wildman–Crippen MR) is 86.5 cm³/mol. The van der Waals surface area contributed by atoms with Crippen LogP contribution in [0.1, 0.15) is 11.1 Å². The first-order chi connectivity index (χ1) is 11.1. The SMILES string of the molecule is COc1cc(O)ccc1/C=C/C(=O)OCCc1cccc(O)c1. The van der Waals surface area contributed by atoms with Crippen molar-refractivity contribution in [1.29, 1.82) is 0 Å². The number of phenols is 2. The number of carbonyl (C=O) groups excluding carboxylic acids is 1. The molecule has 0 bridgehead atoms. The molecule has 0 saturated heterocycles. The van der Waals surface area contributed by atoms with E-state index in [0.717, 1.165) is 5.56 Å². The van der Waals surface area contributed by atoms with Crippen molar-refractivity contribution < 1.29 is 24.5 Å². The molecule has 120 valence electrons. The molecule has 0 aliphatic heterocycles. The molecule has 0 atom stereocenters. The van der Waals surface area contributed by atoms with E-state index in [0.29, 0.717) is 17.7 Å². The van der Waals surface area contributed by atoms with Crippen molar-refractivity contribution >= 4 is 12.0 Å². The summed E-state index contributed by atoms with van der Waals surface area (Å²) in [5.41, 5.74) is 1.55. The number of aromatic hydroxyl groups is 2. The van der Waals surface area contributed by atoms with Crippen LogP contribution in [0.25, 0.3) is 6.08 Å². The van der Waals surface area contributed by atoms with Gasteiger partial charge in [0.15, 0.2) is 0 Å². The second-order valence-electron chi connectivity index (χ2n) is 4.85. The molecule has 0 aliphatic carbocycles. The van der Waals surface area contributed by atoms with E-state index < -0.39 is 5.97 Å². The summed E-state index contributed by atoms with van der Waals surface area (Å²) < 4.78 is 10.2. The lowest BCUT2D eigenvalue weighted by Crippen LogP contribution is -2.04. The Hall–Kier alpha value is -2.95. The lowest BCUT2D eigenvalue weighted by atomic mass is 10.1. The maximum absolute atomic E-state index is 11.7. The molecule has 2 aromatic carbocycles. The summed E-state index contributed by atoms with van der Waals surface area (Å²) in [7, 11) is 1.49. The Balaban J connectivity index is 1.87. The molecule has 0 fully saturated rings. The summed E-state index contributed by atoms with van der Waals surface area (Å²) in [6.07, 6.45) is 3.39. The fourth-order valence-electron chi connectivity index (χ4n) is 2.02. The highest BCUT2D eigenvalue weighted by atomic mass is 16.5. The van der Waals surface area contributed by atoms with Crippen LogP contribution in [-0.2, 0) is 16.0 Å². The monoisotopic (exact) mass is 314 g/mol. The van der Waals surface area contributed by atoms with Gasteiger partial charge in [-0.15, -0.1) is 0 Å². The number of rotatable bonds is 6. The molecular weight excluding hydrogens is 296 g/mol. The van der Waals surface area contributed by atoms with Crippen molar-refractivity contribution in [3.05, 3.63) is 59.7 Å². The van der Waals surface area contributed by atoms with Crippen molar-refractivity contribution in [3.63, 3.8) is 0 Å². The maximum atomic E-state index is 11.7. The molecule has 0 radical (unpaired) electrons. The fraction of sp³-hybridized carbons (Fsp3) is 0.167. The van der Waals surface area contributed by atoms with Crippen LogP contribution in [-0.4, -0.2) is 29.9 Å². The molecule has 23 heavy (non-hydrogen) atoms. The molecule has 0 saturated carbocycles. The first-order valence-corrected chi connectivity index (χ1v) is 7.08. The molecule has 0 spiro atoms. The zero-order valence-electron chi connectivity index (χ0n) is 12.7. The average molecular weight is 314 g/mol. The Labute approximate surface area is 134 Å². The molecule has 0 amide bonds. The Morgan fingerprint density at radius 1 is 1.13 bits per heavy atom. The van der Waals surface area contributed by atoms with E-state index in [-0.39, 0.29) is 18.1 Å². The van der Waals surface area contributed by atoms with Crippen LogP contribution >= 0.6 is 0 Å². The molecule has 0 aromatic heterocycles. The maximum Gasteiger partial charge on any atom is 0.330 e. The van der Waals surface area contributed by atoms with E-state index >= 15 is 0 Å². The number of carbonyl (C=O) groups is 1. The fourth-order valence-corrected chi connectivity index (χ4v) is 2.02. The molecular formula is C18H18O5. The predicted octanol–water partition coefficient (Wildman–Crippen LogP) is 2.91. The van der Waals surface area contributed by atoms with Crippen LogP contribution in [0.5, 0.6) is 17.2 Å². The minimum absolute atomic E-state index is 0.0905. The minimum Gasteiger partial charge on any atom is -0.508 e. The summed E-state index contributed by atoms with van der Waals surface area (Å²) in [6, 6.07) is 11.4. The van der Waals surface area contributed by atoms with Gasteiger partial charge in [-0.1, -0.05) is 12.1 Å². The van der Waals surface area contributed by atoms with Gasteiger partial charge >= 0.3 is 5.97 Å². The first-order valence-electron chi connectivity index (χ1n) is 7.08. The van der Waals surface area contributed by atoms with Gasteiger partial charge < -0.3 is 19.7 Å². The highest BCUT2D eigenvalue weighted by Gasteiger charge is 2.03. The third-order valence-corrected chi connectivity index (χ3v) is 3.16. The van der Waals surface area contributed by atoms with Crippen LogP contribution in [0.2, 0.25) is 0 Å². The van der Waals surface area contributed by atoms with E-state index in [1.54, 1.807) is 30.3 Å². The van der Waals surface area contributed by atoms with E-state index in [4.69, 9.17) is 9.47 Å². The highest BCUT2D eigenvalue weighted by molar-refractivity contribution is 5.87. The van der Waals surface area contributed by atoms with Crippen LogP contribution < -0.4 is 4.74 Å². The third kappa shape index (κ3) is 5.07. The van der Waals surface area contributed by atoms with Gasteiger partial charge in [0.05, 0.1) is 13.7 Å². The van der Waals surface area contributed by atoms with Crippen molar-refractivity contribution in [3.8, 4) is 17.2 Å². The topological polar surface area (TPSA) is 76.0 Å². The molecule has 2 rings (SSSR count). The molecule has 0 heterocycles. The summed E-state index contributed by atoms with van der Waals surface area (Å²) in [5, 5.41) is 18.7. The zero-order valence-corrected chi connectivity index (χ0v) is 12.7. The normalized spacial score (nSPS) is 10.7. The number of benzene rings is 2. The molecule has 2 aromatic rings. The molecule has 5 heteroatoms. The van der Waals surface area contributed by atoms with Gasteiger partial charge in [-0.3, -0.25) is 0 Å². The van der Waals surface area contributed by atoms with Crippen LogP contribution in [0, 0.1) is 0 Å². The number of esters is 1. The Morgan fingerprint density at radius 2 is 1.91 bits per heavy atom. The number of hydrogen-bond donors (Lipinski definition) is 2. The van der Waals surface area contributed by atoms with Crippen molar-refractivity contribution in [2.24, 2.45) is 0 Å². The minimum atomic E-state index is -0.472. The second-order valence-corrected chi connectivity index (χ2v) is 4.85. The largest absolute Gasteiger partial charge is 0.508 e. The zero-order chi connectivity index (χ0) is 16.7. The molecule has 5 nitrogen and oxygen atoms in total.